The van der Waals surface area contributed by atoms with E-state index in [1.807, 2.05) is 6.92 Å². The fraction of sp³-hybridized carbons (Fsp3) is 0.455. The van der Waals surface area contributed by atoms with Crippen LogP contribution < -0.4 is 9.47 Å². The number of azide groups is 1. The SMILES string of the molecule is COc1cc(C)cc(OC)c1C(CO)N=[N+]=[N-]. The second kappa shape index (κ2) is 5.98. The third-order valence-corrected chi connectivity index (χ3v) is 2.39. The first-order chi connectivity index (χ1) is 8.17. The fourth-order valence-corrected chi connectivity index (χ4v) is 1.65. The molecule has 1 unspecified atom stereocenters. The van der Waals surface area contributed by atoms with Gasteiger partial charge in [-0.25, -0.2) is 0 Å². The summed E-state index contributed by atoms with van der Waals surface area (Å²) in [4.78, 5) is 2.71. The smallest absolute Gasteiger partial charge is 0.126 e. The average Bonchev–Trinajstić information content (AvgIpc) is 2.35. The molecule has 0 aliphatic heterocycles. The van der Waals surface area contributed by atoms with E-state index >= 15 is 0 Å². The zero-order valence-electron chi connectivity index (χ0n) is 10.0. The van der Waals surface area contributed by atoms with Gasteiger partial charge in [0.2, 0.25) is 0 Å². The van der Waals surface area contributed by atoms with Crippen LogP contribution in [0.2, 0.25) is 0 Å². The Morgan fingerprint density at radius 3 is 2.24 bits per heavy atom. The molecular weight excluding hydrogens is 222 g/mol. The number of hydrogen-bond acceptors (Lipinski definition) is 4. The van der Waals surface area contributed by atoms with Gasteiger partial charge in [-0.3, -0.25) is 0 Å². The molecule has 1 aromatic rings. The highest BCUT2D eigenvalue weighted by Gasteiger charge is 2.19. The molecule has 0 aromatic heterocycles. The number of hydrogen-bond donors (Lipinski definition) is 1. The molecule has 17 heavy (non-hydrogen) atoms. The van der Waals surface area contributed by atoms with Crippen LogP contribution in [-0.2, 0) is 0 Å². The van der Waals surface area contributed by atoms with Gasteiger partial charge in [-0.2, -0.15) is 0 Å². The van der Waals surface area contributed by atoms with Gasteiger partial charge in [0, 0.05) is 10.5 Å². The second-order valence-corrected chi connectivity index (χ2v) is 3.49. The summed E-state index contributed by atoms with van der Waals surface area (Å²) in [5.41, 5.74) is 9.99. The maximum atomic E-state index is 9.24. The first-order valence-electron chi connectivity index (χ1n) is 5.05. The zero-order chi connectivity index (χ0) is 12.8. The zero-order valence-corrected chi connectivity index (χ0v) is 10.0. The quantitative estimate of drug-likeness (QED) is 0.484. The van der Waals surface area contributed by atoms with E-state index in [9.17, 15) is 5.11 Å². The number of nitrogens with zero attached hydrogens (tertiary/aromatic N) is 3. The standard InChI is InChI=1S/C11H15N3O3/c1-7-4-9(16-2)11(10(5-7)17-3)8(6-15)13-14-12/h4-5,8,15H,6H2,1-3H3. The number of methoxy groups -OCH3 is 2. The number of aliphatic hydroxyl groups excluding tert-OH is 1. The number of rotatable bonds is 5. The van der Waals surface area contributed by atoms with Crippen molar-refractivity contribution < 1.29 is 14.6 Å². The van der Waals surface area contributed by atoms with Gasteiger partial charge in [0.25, 0.3) is 0 Å². The maximum Gasteiger partial charge on any atom is 0.126 e. The lowest BCUT2D eigenvalue weighted by Crippen LogP contribution is -2.06. The Morgan fingerprint density at radius 1 is 1.35 bits per heavy atom. The molecule has 6 heteroatoms. The summed E-state index contributed by atoms with van der Waals surface area (Å²) in [6.07, 6.45) is 0. The van der Waals surface area contributed by atoms with E-state index in [1.54, 1.807) is 12.1 Å². The minimum Gasteiger partial charge on any atom is -0.496 e. The van der Waals surface area contributed by atoms with Crippen molar-refractivity contribution in [2.24, 2.45) is 5.11 Å². The summed E-state index contributed by atoms with van der Waals surface area (Å²) < 4.78 is 10.4. The van der Waals surface area contributed by atoms with Gasteiger partial charge >= 0.3 is 0 Å². The van der Waals surface area contributed by atoms with Crippen molar-refractivity contribution in [1.29, 1.82) is 0 Å². The third-order valence-electron chi connectivity index (χ3n) is 2.39. The predicted octanol–water partition coefficient (Wildman–Crippen LogP) is 2.36. The largest absolute Gasteiger partial charge is 0.496 e. The number of benzene rings is 1. The minimum atomic E-state index is -0.717. The van der Waals surface area contributed by atoms with Crippen molar-refractivity contribution >= 4 is 0 Å². The highest BCUT2D eigenvalue weighted by Crippen LogP contribution is 2.37. The molecule has 0 radical (unpaired) electrons. The molecule has 0 bridgehead atoms. The molecule has 1 aromatic carbocycles. The topological polar surface area (TPSA) is 87.5 Å². The lowest BCUT2D eigenvalue weighted by molar-refractivity contribution is 0.260. The highest BCUT2D eigenvalue weighted by atomic mass is 16.5. The van der Waals surface area contributed by atoms with Gasteiger partial charge in [0.05, 0.1) is 26.9 Å². The minimum absolute atomic E-state index is 0.306. The van der Waals surface area contributed by atoms with Crippen LogP contribution in [0.4, 0.5) is 0 Å². The molecule has 6 nitrogen and oxygen atoms in total. The summed E-state index contributed by atoms with van der Waals surface area (Å²) >= 11 is 0. The van der Waals surface area contributed by atoms with Crippen LogP contribution >= 0.6 is 0 Å². The Morgan fingerprint density at radius 2 is 1.88 bits per heavy atom. The van der Waals surface area contributed by atoms with Crippen molar-refractivity contribution in [1.82, 2.24) is 0 Å². The van der Waals surface area contributed by atoms with Crippen molar-refractivity contribution in [2.75, 3.05) is 20.8 Å². The molecule has 0 spiro atoms. The molecule has 1 atom stereocenters. The first-order valence-corrected chi connectivity index (χ1v) is 5.05. The van der Waals surface area contributed by atoms with Crippen molar-refractivity contribution in [3.8, 4) is 11.5 Å². The first kappa shape index (κ1) is 13.2. The van der Waals surface area contributed by atoms with Crippen LogP contribution in [0.25, 0.3) is 10.4 Å². The molecule has 0 heterocycles. The van der Waals surface area contributed by atoms with Gasteiger partial charge in [0.15, 0.2) is 0 Å². The van der Waals surface area contributed by atoms with Crippen molar-refractivity contribution in [3.63, 3.8) is 0 Å². The van der Waals surface area contributed by atoms with E-state index in [1.165, 1.54) is 14.2 Å². The second-order valence-electron chi connectivity index (χ2n) is 3.49. The van der Waals surface area contributed by atoms with Crippen LogP contribution in [0.5, 0.6) is 11.5 Å². The predicted molar refractivity (Wildman–Crippen MR) is 63.3 cm³/mol. The van der Waals surface area contributed by atoms with Crippen molar-refractivity contribution in [3.05, 3.63) is 33.7 Å². The highest BCUT2D eigenvalue weighted by molar-refractivity contribution is 5.49. The molecule has 0 aliphatic carbocycles. The van der Waals surface area contributed by atoms with Gasteiger partial charge in [-0.05, 0) is 30.2 Å². The van der Waals surface area contributed by atoms with Gasteiger partial charge in [-0.15, -0.1) is 0 Å². The summed E-state index contributed by atoms with van der Waals surface area (Å²) in [6.45, 7) is 1.59. The van der Waals surface area contributed by atoms with E-state index in [0.717, 1.165) is 5.56 Å². The molecule has 0 fully saturated rings. The molecular formula is C11H15N3O3. The van der Waals surface area contributed by atoms with Gasteiger partial charge in [0.1, 0.15) is 11.5 Å². The number of aliphatic hydroxyl groups is 1. The third kappa shape index (κ3) is 2.81. The van der Waals surface area contributed by atoms with Gasteiger partial charge < -0.3 is 14.6 Å². The number of ether oxygens (including phenoxy) is 2. The van der Waals surface area contributed by atoms with Crippen LogP contribution in [-0.4, -0.2) is 25.9 Å². The normalized spacial score (nSPS) is 11.5. The molecule has 0 amide bonds. The lowest BCUT2D eigenvalue weighted by atomic mass is 10.0. The van der Waals surface area contributed by atoms with E-state index in [-0.39, 0.29) is 6.61 Å². The van der Waals surface area contributed by atoms with Crippen LogP contribution in [0.3, 0.4) is 0 Å². The maximum absolute atomic E-state index is 9.24. The van der Waals surface area contributed by atoms with E-state index in [2.05, 4.69) is 10.0 Å². The molecule has 0 aliphatic rings. The Balaban J connectivity index is 3.41. The summed E-state index contributed by atoms with van der Waals surface area (Å²) in [7, 11) is 3.03. The van der Waals surface area contributed by atoms with Gasteiger partial charge in [-0.1, -0.05) is 5.11 Å². The Hall–Kier alpha value is -1.91. The molecule has 0 saturated heterocycles. The molecule has 92 valence electrons. The lowest BCUT2D eigenvalue weighted by Gasteiger charge is -2.17. The Kier molecular flexibility index (Phi) is 4.63. The van der Waals surface area contributed by atoms with E-state index in [4.69, 9.17) is 15.0 Å². The van der Waals surface area contributed by atoms with Crippen LogP contribution in [0.15, 0.2) is 17.2 Å². The summed E-state index contributed by atoms with van der Waals surface area (Å²) in [5.74, 6) is 1.07. The Labute approximate surface area is 99.4 Å². The summed E-state index contributed by atoms with van der Waals surface area (Å²) in [6, 6.07) is 2.88. The molecule has 0 saturated carbocycles. The summed E-state index contributed by atoms with van der Waals surface area (Å²) in [5, 5.41) is 12.8. The number of aryl methyl sites for hydroxylation is 1. The Bertz CT molecular complexity index is 417. The van der Waals surface area contributed by atoms with Crippen LogP contribution in [0, 0.1) is 6.92 Å². The van der Waals surface area contributed by atoms with Crippen LogP contribution in [0.1, 0.15) is 17.2 Å². The average molecular weight is 237 g/mol. The fourth-order valence-electron chi connectivity index (χ4n) is 1.65. The van der Waals surface area contributed by atoms with Crippen molar-refractivity contribution in [2.45, 2.75) is 13.0 Å². The van der Waals surface area contributed by atoms with E-state index < -0.39 is 6.04 Å². The monoisotopic (exact) mass is 237 g/mol. The molecule has 1 rings (SSSR count). The van der Waals surface area contributed by atoms with E-state index in [0.29, 0.717) is 17.1 Å². The molecule has 1 N–H and O–H groups in total.